The molecule has 0 saturated carbocycles. The van der Waals surface area contributed by atoms with Gasteiger partial charge in [0, 0.05) is 48.3 Å². The minimum atomic E-state index is -0.157. The normalized spacial score (nSPS) is 14.6. The van der Waals surface area contributed by atoms with Crippen LogP contribution in [-0.4, -0.2) is 42.2 Å². The number of rotatable bonds is 4. The van der Waals surface area contributed by atoms with Crippen molar-refractivity contribution in [1.82, 2.24) is 15.3 Å². The van der Waals surface area contributed by atoms with E-state index in [2.05, 4.69) is 36.1 Å². The number of hydrogen-bond acceptors (Lipinski definition) is 5. The van der Waals surface area contributed by atoms with Gasteiger partial charge in [0.25, 0.3) is 5.91 Å². The quantitative estimate of drug-likeness (QED) is 0.883. The SMILES string of the molecule is O=C(NCc1cccnc1N1CCOCC1)c1cncc(Br)c1. The summed E-state index contributed by atoms with van der Waals surface area (Å²) in [6, 6.07) is 5.61. The van der Waals surface area contributed by atoms with Crippen molar-refractivity contribution in [2.24, 2.45) is 0 Å². The van der Waals surface area contributed by atoms with Gasteiger partial charge in [0.1, 0.15) is 5.82 Å². The second-order valence-electron chi connectivity index (χ2n) is 5.16. The molecule has 2 aromatic rings. The maximum atomic E-state index is 12.2. The molecule has 1 aliphatic rings. The Morgan fingerprint density at radius 1 is 1.35 bits per heavy atom. The molecule has 1 amide bonds. The molecular formula is C16H17BrN4O2. The van der Waals surface area contributed by atoms with Gasteiger partial charge in [-0.2, -0.15) is 0 Å². The fourth-order valence-corrected chi connectivity index (χ4v) is 2.81. The first-order valence-electron chi connectivity index (χ1n) is 7.39. The standard InChI is InChI=1S/C16H17BrN4O2/c17-14-8-13(9-18-11-14)16(22)20-10-12-2-1-3-19-15(12)21-4-6-23-7-5-21/h1-3,8-9,11H,4-7,10H2,(H,20,22). The van der Waals surface area contributed by atoms with E-state index in [0.29, 0.717) is 25.3 Å². The molecule has 0 bridgehead atoms. The van der Waals surface area contributed by atoms with Gasteiger partial charge >= 0.3 is 0 Å². The van der Waals surface area contributed by atoms with Gasteiger partial charge in [-0.25, -0.2) is 4.98 Å². The molecule has 0 spiro atoms. The number of hydrogen-bond donors (Lipinski definition) is 1. The molecule has 3 rings (SSSR count). The Balaban J connectivity index is 1.69. The van der Waals surface area contributed by atoms with Crippen molar-refractivity contribution in [3.05, 3.63) is 52.4 Å². The predicted octanol–water partition coefficient (Wildman–Crippen LogP) is 2.01. The van der Waals surface area contributed by atoms with Crippen LogP contribution in [0.15, 0.2) is 41.3 Å². The van der Waals surface area contributed by atoms with Crippen molar-refractivity contribution in [3.63, 3.8) is 0 Å². The second-order valence-corrected chi connectivity index (χ2v) is 6.08. The minimum Gasteiger partial charge on any atom is -0.378 e. The molecule has 1 fully saturated rings. The highest BCUT2D eigenvalue weighted by molar-refractivity contribution is 9.10. The van der Waals surface area contributed by atoms with Gasteiger partial charge in [-0.3, -0.25) is 9.78 Å². The summed E-state index contributed by atoms with van der Waals surface area (Å²) in [5.41, 5.74) is 1.52. The Hall–Kier alpha value is -1.99. The molecule has 7 heteroatoms. The molecule has 3 heterocycles. The van der Waals surface area contributed by atoms with Crippen LogP contribution in [0.4, 0.5) is 5.82 Å². The lowest BCUT2D eigenvalue weighted by molar-refractivity contribution is 0.0950. The molecule has 0 radical (unpaired) electrons. The number of pyridine rings is 2. The first-order valence-corrected chi connectivity index (χ1v) is 8.18. The Kier molecular flexibility index (Phi) is 5.19. The summed E-state index contributed by atoms with van der Waals surface area (Å²) < 4.78 is 6.16. The largest absolute Gasteiger partial charge is 0.378 e. The van der Waals surface area contributed by atoms with E-state index in [0.717, 1.165) is 28.9 Å². The third-order valence-corrected chi connectivity index (χ3v) is 4.02. The summed E-state index contributed by atoms with van der Waals surface area (Å²) in [5, 5.41) is 2.92. The summed E-state index contributed by atoms with van der Waals surface area (Å²) in [4.78, 5) is 22.9. The van der Waals surface area contributed by atoms with Crippen molar-refractivity contribution in [2.45, 2.75) is 6.54 Å². The number of nitrogens with one attached hydrogen (secondary N) is 1. The smallest absolute Gasteiger partial charge is 0.253 e. The fourth-order valence-electron chi connectivity index (χ4n) is 2.44. The zero-order chi connectivity index (χ0) is 16.1. The molecule has 0 aromatic carbocycles. The summed E-state index contributed by atoms with van der Waals surface area (Å²) in [5.74, 6) is 0.749. The lowest BCUT2D eigenvalue weighted by Crippen LogP contribution is -2.37. The molecule has 6 nitrogen and oxygen atoms in total. The Morgan fingerprint density at radius 2 is 2.17 bits per heavy atom. The Morgan fingerprint density at radius 3 is 2.96 bits per heavy atom. The number of carbonyl (C=O) groups excluding carboxylic acids is 1. The number of halogens is 1. The van der Waals surface area contributed by atoms with Crippen molar-refractivity contribution in [3.8, 4) is 0 Å². The van der Waals surface area contributed by atoms with Crippen LogP contribution >= 0.6 is 15.9 Å². The van der Waals surface area contributed by atoms with Gasteiger partial charge in [-0.1, -0.05) is 6.07 Å². The molecule has 120 valence electrons. The maximum Gasteiger partial charge on any atom is 0.253 e. The average molecular weight is 377 g/mol. The number of aromatic nitrogens is 2. The van der Waals surface area contributed by atoms with E-state index in [1.807, 2.05) is 12.1 Å². The van der Waals surface area contributed by atoms with E-state index in [4.69, 9.17) is 4.74 Å². The number of amides is 1. The molecule has 1 N–H and O–H groups in total. The topological polar surface area (TPSA) is 67.4 Å². The molecule has 2 aromatic heterocycles. The number of morpholine rings is 1. The summed E-state index contributed by atoms with van der Waals surface area (Å²) in [6.07, 6.45) is 4.97. The van der Waals surface area contributed by atoms with Gasteiger partial charge in [0.05, 0.1) is 18.8 Å². The highest BCUT2D eigenvalue weighted by Crippen LogP contribution is 2.18. The van der Waals surface area contributed by atoms with Crippen LogP contribution in [0.5, 0.6) is 0 Å². The first kappa shape index (κ1) is 15.9. The third kappa shape index (κ3) is 4.05. The Bertz CT molecular complexity index is 689. The molecule has 1 aliphatic heterocycles. The maximum absolute atomic E-state index is 12.2. The monoisotopic (exact) mass is 376 g/mol. The van der Waals surface area contributed by atoms with E-state index < -0.39 is 0 Å². The van der Waals surface area contributed by atoms with E-state index in [9.17, 15) is 4.79 Å². The molecule has 0 unspecified atom stereocenters. The molecule has 1 saturated heterocycles. The predicted molar refractivity (Wildman–Crippen MR) is 90.4 cm³/mol. The Labute approximate surface area is 143 Å². The van der Waals surface area contributed by atoms with Gasteiger partial charge in [-0.15, -0.1) is 0 Å². The van der Waals surface area contributed by atoms with Crippen LogP contribution in [0, 0.1) is 0 Å². The second kappa shape index (κ2) is 7.52. The lowest BCUT2D eigenvalue weighted by atomic mass is 10.2. The van der Waals surface area contributed by atoms with Crippen LogP contribution in [0.1, 0.15) is 15.9 Å². The molecule has 0 aliphatic carbocycles. The van der Waals surface area contributed by atoms with Gasteiger partial charge < -0.3 is 15.0 Å². The summed E-state index contributed by atoms with van der Waals surface area (Å²) >= 11 is 3.32. The first-order chi connectivity index (χ1) is 11.2. The molecular weight excluding hydrogens is 360 g/mol. The van der Waals surface area contributed by atoms with Crippen molar-refractivity contribution < 1.29 is 9.53 Å². The van der Waals surface area contributed by atoms with E-state index >= 15 is 0 Å². The van der Waals surface area contributed by atoms with Gasteiger partial charge in [-0.05, 0) is 28.1 Å². The zero-order valence-electron chi connectivity index (χ0n) is 12.5. The third-order valence-electron chi connectivity index (χ3n) is 3.58. The average Bonchev–Trinajstić information content (AvgIpc) is 2.60. The summed E-state index contributed by atoms with van der Waals surface area (Å²) in [7, 11) is 0. The van der Waals surface area contributed by atoms with E-state index in [1.54, 1.807) is 24.7 Å². The van der Waals surface area contributed by atoms with Gasteiger partial charge in [0.15, 0.2) is 0 Å². The number of nitrogens with zero attached hydrogens (tertiary/aromatic N) is 3. The number of carbonyl (C=O) groups is 1. The minimum absolute atomic E-state index is 0.157. The van der Waals surface area contributed by atoms with Crippen molar-refractivity contribution in [2.75, 3.05) is 31.2 Å². The number of ether oxygens (including phenoxy) is 1. The zero-order valence-corrected chi connectivity index (χ0v) is 14.1. The highest BCUT2D eigenvalue weighted by atomic mass is 79.9. The number of anilines is 1. The van der Waals surface area contributed by atoms with Crippen LogP contribution in [-0.2, 0) is 11.3 Å². The fraction of sp³-hybridized carbons (Fsp3) is 0.312. The van der Waals surface area contributed by atoms with Crippen LogP contribution in [0.3, 0.4) is 0 Å². The van der Waals surface area contributed by atoms with Crippen molar-refractivity contribution >= 4 is 27.7 Å². The van der Waals surface area contributed by atoms with Crippen LogP contribution in [0.25, 0.3) is 0 Å². The highest BCUT2D eigenvalue weighted by Gasteiger charge is 2.16. The van der Waals surface area contributed by atoms with E-state index in [1.165, 1.54) is 0 Å². The van der Waals surface area contributed by atoms with E-state index in [-0.39, 0.29) is 5.91 Å². The van der Waals surface area contributed by atoms with Crippen molar-refractivity contribution in [1.29, 1.82) is 0 Å². The van der Waals surface area contributed by atoms with Gasteiger partial charge in [0.2, 0.25) is 0 Å². The lowest BCUT2D eigenvalue weighted by Gasteiger charge is -2.29. The van der Waals surface area contributed by atoms with Crippen LogP contribution in [0.2, 0.25) is 0 Å². The van der Waals surface area contributed by atoms with Crippen LogP contribution < -0.4 is 10.2 Å². The molecule has 23 heavy (non-hydrogen) atoms. The summed E-state index contributed by atoms with van der Waals surface area (Å²) in [6.45, 7) is 3.45. The molecule has 0 atom stereocenters.